The molecular formula is C30H24N2O4. The number of nitrogens with zero attached hydrogens (tertiary/aromatic N) is 1. The molecule has 0 saturated carbocycles. The molecule has 0 atom stereocenters. The van der Waals surface area contributed by atoms with Gasteiger partial charge in [0.1, 0.15) is 5.75 Å². The molecule has 4 aromatic carbocycles. The van der Waals surface area contributed by atoms with Gasteiger partial charge in [0.25, 0.3) is 17.7 Å². The fraction of sp³-hybridized carbons (Fsp3) is 0.100. The Bertz CT molecular complexity index is 1360. The highest BCUT2D eigenvalue weighted by Gasteiger charge is 2.35. The van der Waals surface area contributed by atoms with E-state index in [4.69, 9.17) is 4.74 Å². The fourth-order valence-electron chi connectivity index (χ4n) is 4.46. The number of fused-ring (bicyclic) bond motifs is 1. The Balaban J connectivity index is 1.43. The molecule has 6 heteroatoms. The molecule has 6 nitrogen and oxygen atoms in total. The highest BCUT2D eigenvalue weighted by molar-refractivity contribution is 6.21. The van der Waals surface area contributed by atoms with Crippen LogP contribution in [0.5, 0.6) is 5.75 Å². The standard InChI is InChI=1S/C30H24N2O4/c1-36-26-17-16-20(19-32-29(34)23-14-8-9-15-24(23)30(32)35)18-25(26)28(33)31-27(21-10-4-2-5-11-21)22-12-6-3-7-13-22/h2-18,27H,19H2,1H3,(H,31,33). The summed E-state index contributed by atoms with van der Waals surface area (Å²) in [4.78, 5) is 40.4. The average Bonchev–Trinajstić information content (AvgIpc) is 3.17. The minimum atomic E-state index is -0.371. The van der Waals surface area contributed by atoms with Crippen molar-refractivity contribution >= 4 is 17.7 Å². The van der Waals surface area contributed by atoms with Gasteiger partial charge in [0.15, 0.2) is 0 Å². The van der Waals surface area contributed by atoms with Crippen LogP contribution in [0.25, 0.3) is 0 Å². The molecule has 0 unspecified atom stereocenters. The van der Waals surface area contributed by atoms with Crippen LogP contribution in [-0.2, 0) is 6.54 Å². The van der Waals surface area contributed by atoms with Crippen LogP contribution in [0.2, 0.25) is 0 Å². The van der Waals surface area contributed by atoms with Crippen molar-refractivity contribution in [1.82, 2.24) is 10.2 Å². The minimum absolute atomic E-state index is 0.0530. The van der Waals surface area contributed by atoms with Gasteiger partial charge in [-0.2, -0.15) is 0 Å². The smallest absolute Gasteiger partial charge is 0.261 e. The van der Waals surface area contributed by atoms with E-state index in [0.717, 1.165) is 11.1 Å². The van der Waals surface area contributed by atoms with Gasteiger partial charge in [-0.1, -0.05) is 78.9 Å². The predicted molar refractivity (Wildman–Crippen MR) is 136 cm³/mol. The summed E-state index contributed by atoms with van der Waals surface area (Å²) < 4.78 is 5.47. The normalized spacial score (nSPS) is 12.6. The molecule has 0 fully saturated rings. The van der Waals surface area contributed by atoms with Crippen LogP contribution in [-0.4, -0.2) is 29.7 Å². The number of ether oxygens (including phenoxy) is 1. The summed E-state index contributed by atoms with van der Waals surface area (Å²) in [6.45, 7) is 0.0530. The lowest BCUT2D eigenvalue weighted by atomic mass is 9.98. The summed E-state index contributed by atoms with van der Waals surface area (Å²) in [5, 5.41) is 3.13. The first-order valence-electron chi connectivity index (χ1n) is 11.6. The minimum Gasteiger partial charge on any atom is -0.496 e. The highest BCUT2D eigenvalue weighted by Crippen LogP contribution is 2.28. The number of rotatable bonds is 7. The monoisotopic (exact) mass is 476 g/mol. The van der Waals surface area contributed by atoms with Crippen molar-refractivity contribution in [3.63, 3.8) is 0 Å². The van der Waals surface area contributed by atoms with Gasteiger partial charge in [0.2, 0.25) is 0 Å². The van der Waals surface area contributed by atoms with Gasteiger partial charge < -0.3 is 10.1 Å². The van der Waals surface area contributed by atoms with Crippen LogP contribution < -0.4 is 10.1 Å². The van der Waals surface area contributed by atoms with E-state index in [0.29, 0.717) is 28.0 Å². The first-order chi connectivity index (χ1) is 17.6. The van der Waals surface area contributed by atoms with Crippen molar-refractivity contribution in [2.24, 2.45) is 0 Å². The number of benzene rings is 4. The number of carbonyl (C=O) groups is 3. The first kappa shape index (κ1) is 23.1. The molecule has 4 aromatic rings. The molecule has 0 aromatic heterocycles. The van der Waals surface area contributed by atoms with Crippen molar-refractivity contribution in [3.8, 4) is 5.75 Å². The van der Waals surface area contributed by atoms with Crippen LogP contribution >= 0.6 is 0 Å². The highest BCUT2D eigenvalue weighted by atomic mass is 16.5. The van der Waals surface area contributed by atoms with Gasteiger partial charge in [-0.25, -0.2) is 0 Å². The number of nitrogens with one attached hydrogen (secondary N) is 1. The SMILES string of the molecule is COc1ccc(CN2C(=O)c3ccccc3C2=O)cc1C(=O)NC(c1ccccc1)c1ccccc1. The Morgan fingerprint density at radius 1 is 0.778 bits per heavy atom. The maximum Gasteiger partial charge on any atom is 0.261 e. The Hall–Kier alpha value is -4.71. The second kappa shape index (κ2) is 9.88. The Morgan fingerprint density at radius 3 is 1.83 bits per heavy atom. The summed E-state index contributed by atoms with van der Waals surface area (Å²) >= 11 is 0. The number of hydrogen-bond acceptors (Lipinski definition) is 4. The van der Waals surface area contributed by atoms with Crippen molar-refractivity contribution in [1.29, 1.82) is 0 Å². The molecule has 1 aliphatic rings. The lowest BCUT2D eigenvalue weighted by Gasteiger charge is -2.21. The van der Waals surface area contributed by atoms with Gasteiger partial charge in [-0.3, -0.25) is 19.3 Å². The molecule has 0 radical (unpaired) electrons. The van der Waals surface area contributed by atoms with Crippen LogP contribution in [0, 0.1) is 0 Å². The van der Waals surface area contributed by atoms with Crippen LogP contribution in [0.4, 0.5) is 0 Å². The number of amides is 3. The summed E-state index contributed by atoms with van der Waals surface area (Å²) in [5.74, 6) is -0.608. The van der Waals surface area contributed by atoms with Crippen molar-refractivity contribution < 1.29 is 19.1 Å². The number of carbonyl (C=O) groups excluding carboxylic acids is 3. The number of hydrogen-bond donors (Lipinski definition) is 1. The maximum absolute atomic E-state index is 13.5. The third kappa shape index (κ3) is 4.36. The molecule has 36 heavy (non-hydrogen) atoms. The average molecular weight is 477 g/mol. The molecule has 1 heterocycles. The summed E-state index contributed by atoms with van der Waals surface area (Å²) in [6, 6.07) is 31.0. The lowest BCUT2D eigenvalue weighted by Crippen LogP contribution is -2.31. The Kier molecular flexibility index (Phi) is 6.33. The zero-order chi connectivity index (χ0) is 25.1. The zero-order valence-corrected chi connectivity index (χ0v) is 19.7. The van der Waals surface area contributed by atoms with Gasteiger partial charge >= 0.3 is 0 Å². The quantitative estimate of drug-likeness (QED) is 0.381. The summed E-state index contributed by atoms with van der Waals surface area (Å²) in [5.41, 5.74) is 3.64. The van der Waals surface area contributed by atoms with E-state index in [1.807, 2.05) is 60.7 Å². The number of imide groups is 1. The van der Waals surface area contributed by atoms with E-state index in [9.17, 15) is 14.4 Å². The molecular weight excluding hydrogens is 452 g/mol. The topological polar surface area (TPSA) is 75.7 Å². The molecule has 1 aliphatic heterocycles. The largest absolute Gasteiger partial charge is 0.496 e. The molecule has 3 amide bonds. The molecule has 0 bridgehead atoms. The van der Waals surface area contributed by atoms with E-state index in [2.05, 4.69) is 5.32 Å². The van der Waals surface area contributed by atoms with E-state index in [1.54, 1.807) is 42.5 Å². The maximum atomic E-state index is 13.5. The molecule has 0 aliphatic carbocycles. The predicted octanol–water partition coefficient (Wildman–Crippen LogP) is 5.01. The van der Waals surface area contributed by atoms with E-state index in [1.165, 1.54) is 12.0 Å². The van der Waals surface area contributed by atoms with E-state index in [-0.39, 0.29) is 30.3 Å². The second-order valence-corrected chi connectivity index (χ2v) is 8.50. The molecule has 178 valence electrons. The van der Waals surface area contributed by atoms with Gasteiger partial charge in [0, 0.05) is 0 Å². The second-order valence-electron chi connectivity index (χ2n) is 8.50. The van der Waals surface area contributed by atoms with Gasteiger partial charge in [0.05, 0.1) is 36.4 Å². The zero-order valence-electron chi connectivity index (χ0n) is 19.7. The Labute approximate surface area is 209 Å². The first-order valence-corrected chi connectivity index (χ1v) is 11.6. The number of methoxy groups -OCH3 is 1. The summed E-state index contributed by atoms with van der Waals surface area (Å²) in [7, 11) is 1.50. The molecule has 1 N–H and O–H groups in total. The lowest BCUT2D eigenvalue weighted by molar-refractivity contribution is 0.0642. The van der Waals surface area contributed by atoms with Crippen molar-refractivity contribution in [3.05, 3.63) is 137 Å². The molecule has 0 spiro atoms. The van der Waals surface area contributed by atoms with Crippen LogP contribution in [0.15, 0.2) is 103 Å². The molecule has 0 saturated heterocycles. The van der Waals surface area contributed by atoms with E-state index < -0.39 is 0 Å². The van der Waals surface area contributed by atoms with E-state index >= 15 is 0 Å². The fourth-order valence-corrected chi connectivity index (χ4v) is 4.46. The van der Waals surface area contributed by atoms with Crippen molar-refractivity contribution in [2.75, 3.05) is 7.11 Å². The third-order valence-corrected chi connectivity index (χ3v) is 6.27. The Morgan fingerprint density at radius 2 is 1.31 bits per heavy atom. The van der Waals surface area contributed by atoms with Crippen molar-refractivity contribution in [2.45, 2.75) is 12.6 Å². The molecule has 5 rings (SSSR count). The van der Waals surface area contributed by atoms with Gasteiger partial charge in [-0.05, 0) is 41.0 Å². The van der Waals surface area contributed by atoms with Gasteiger partial charge in [-0.15, -0.1) is 0 Å². The van der Waals surface area contributed by atoms with Crippen LogP contribution in [0.1, 0.15) is 53.8 Å². The van der Waals surface area contributed by atoms with Crippen LogP contribution in [0.3, 0.4) is 0 Å². The third-order valence-electron chi connectivity index (χ3n) is 6.27. The summed E-state index contributed by atoms with van der Waals surface area (Å²) in [6.07, 6.45) is 0.